The molecule has 3 heteroatoms. The first-order valence-corrected chi connectivity index (χ1v) is 5.15. The maximum Gasteiger partial charge on any atom is 0 e. The third-order valence-corrected chi connectivity index (χ3v) is 2.09. The summed E-state index contributed by atoms with van der Waals surface area (Å²) < 4.78 is 0. The van der Waals surface area contributed by atoms with E-state index in [1.807, 2.05) is 66.7 Å². The molecule has 102 valence electrons. The van der Waals surface area contributed by atoms with E-state index in [1.54, 1.807) is 0 Å². The fourth-order valence-corrected chi connectivity index (χ4v) is 1.30. The monoisotopic (exact) mass is 377 g/mol. The summed E-state index contributed by atoms with van der Waals surface area (Å²) in [7, 11) is 0. The van der Waals surface area contributed by atoms with Crippen molar-refractivity contribution in [3.63, 3.8) is 0 Å². The maximum absolute atomic E-state index is 3.02. The molecule has 0 aliphatic carbocycles. The predicted molar refractivity (Wildman–Crippen MR) is 89.7 cm³/mol. The van der Waals surface area contributed by atoms with Gasteiger partial charge in [-0.05, 0) is 5.56 Å². The standard InChI is InChI=1S/C16H11.2H3P.Pd/c1-3-9-15(10-4-1)13-7-8-14-16-11-5-2-6-12-16;;;/h1-6,9-13H;2*1H3;/q-1;;;. The molecule has 2 aromatic rings. The van der Waals surface area contributed by atoms with Crippen LogP contribution in [0, 0.1) is 17.9 Å². The van der Waals surface area contributed by atoms with E-state index in [4.69, 9.17) is 0 Å². The molecule has 19 heavy (non-hydrogen) atoms. The predicted octanol–water partition coefficient (Wildman–Crippen LogP) is 3.67. The van der Waals surface area contributed by atoms with Gasteiger partial charge >= 0.3 is 0 Å². The van der Waals surface area contributed by atoms with Crippen molar-refractivity contribution in [2.45, 2.75) is 0 Å². The van der Waals surface area contributed by atoms with Gasteiger partial charge in [-0.3, -0.25) is 0 Å². The Morgan fingerprint density at radius 2 is 1.32 bits per heavy atom. The van der Waals surface area contributed by atoms with Gasteiger partial charge in [-0.15, -0.1) is 23.8 Å². The molecule has 2 aromatic carbocycles. The van der Waals surface area contributed by atoms with Crippen molar-refractivity contribution in [2.75, 3.05) is 0 Å². The van der Waals surface area contributed by atoms with E-state index in [2.05, 4.69) is 17.9 Å². The number of allylic oxidation sites excluding steroid dienone is 1. The van der Waals surface area contributed by atoms with E-state index in [9.17, 15) is 0 Å². The second-order valence-electron chi connectivity index (χ2n) is 3.32. The Labute approximate surface area is 136 Å². The third-order valence-electron chi connectivity index (χ3n) is 2.09. The van der Waals surface area contributed by atoms with Crippen molar-refractivity contribution in [3.8, 4) is 11.8 Å². The molecule has 0 bridgehead atoms. The first-order valence-electron chi connectivity index (χ1n) is 5.15. The molecule has 0 fully saturated rings. The normalized spacial score (nSPS) is 8.21. The molecule has 0 amide bonds. The van der Waals surface area contributed by atoms with Crippen molar-refractivity contribution >= 4 is 25.9 Å². The molecule has 2 unspecified atom stereocenters. The molecule has 0 aliphatic heterocycles. The minimum absolute atomic E-state index is 0. The van der Waals surface area contributed by atoms with Crippen molar-refractivity contribution in [1.29, 1.82) is 0 Å². The van der Waals surface area contributed by atoms with Gasteiger partial charge in [0.15, 0.2) is 0 Å². The number of rotatable bonds is 1. The molecule has 0 aromatic heterocycles. The molecule has 2 rings (SSSR count). The summed E-state index contributed by atoms with van der Waals surface area (Å²) in [5.41, 5.74) is 2.13. The number of hydrogen-bond donors (Lipinski definition) is 0. The third kappa shape index (κ3) is 8.11. The largest absolute Gasteiger partial charge is 0.219 e. The molecular weight excluding hydrogens is 361 g/mol. The topological polar surface area (TPSA) is 0 Å². The van der Waals surface area contributed by atoms with Crippen molar-refractivity contribution in [1.82, 2.24) is 0 Å². The number of hydrogen-bond acceptors (Lipinski definition) is 0. The molecule has 0 saturated carbocycles. The van der Waals surface area contributed by atoms with Crippen LogP contribution in [0.4, 0.5) is 0 Å². The van der Waals surface area contributed by atoms with Crippen molar-refractivity contribution in [3.05, 3.63) is 77.9 Å². The summed E-state index contributed by atoms with van der Waals surface area (Å²) in [6, 6.07) is 19.9. The van der Waals surface area contributed by atoms with Crippen LogP contribution >= 0.6 is 19.8 Å². The minimum atomic E-state index is 0. The van der Waals surface area contributed by atoms with Gasteiger partial charge in [0.1, 0.15) is 0 Å². The van der Waals surface area contributed by atoms with Gasteiger partial charge in [0.2, 0.25) is 0 Å². The van der Waals surface area contributed by atoms with E-state index in [0.29, 0.717) is 0 Å². The van der Waals surface area contributed by atoms with Crippen LogP contribution in [-0.2, 0) is 20.4 Å². The summed E-state index contributed by atoms with van der Waals surface area (Å²) in [4.78, 5) is 0. The van der Waals surface area contributed by atoms with Gasteiger partial charge in [0, 0.05) is 20.4 Å². The maximum atomic E-state index is 3.02. The summed E-state index contributed by atoms with van der Waals surface area (Å²) in [5.74, 6) is 5.92. The zero-order valence-corrected chi connectivity index (χ0v) is 15.0. The van der Waals surface area contributed by atoms with Gasteiger partial charge in [-0.1, -0.05) is 48.5 Å². The summed E-state index contributed by atoms with van der Waals surface area (Å²) in [6.45, 7) is 0. The quantitative estimate of drug-likeness (QED) is 0.308. The van der Waals surface area contributed by atoms with Crippen LogP contribution in [0.2, 0.25) is 0 Å². The van der Waals surface area contributed by atoms with Gasteiger partial charge in [0.05, 0.1) is 0 Å². The summed E-state index contributed by atoms with van der Waals surface area (Å²) >= 11 is 0. The second kappa shape index (κ2) is 12.3. The Kier molecular flexibility index (Phi) is 13.3. The molecule has 0 heterocycles. The fraction of sp³-hybridized carbons (Fsp3) is 0. The molecule has 0 saturated heterocycles. The van der Waals surface area contributed by atoms with Crippen molar-refractivity contribution < 1.29 is 20.4 Å². The summed E-state index contributed by atoms with van der Waals surface area (Å²) in [5, 5.41) is 0. The second-order valence-corrected chi connectivity index (χ2v) is 3.32. The Morgan fingerprint density at radius 3 is 1.89 bits per heavy atom. The SMILES string of the molecule is C(#Cc1ccccc1)[C-]=Cc1ccccc1.P.P.[Pd]. The van der Waals surface area contributed by atoms with Crippen LogP contribution in [0.3, 0.4) is 0 Å². The number of benzene rings is 2. The fourth-order valence-electron chi connectivity index (χ4n) is 1.30. The molecule has 0 aliphatic rings. The van der Waals surface area contributed by atoms with Crippen LogP contribution in [-0.4, -0.2) is 0 Å². The zero-order chi connectivity index (χ0) is 11.1. The molecule has 0 radical (unpaired) electrons. The van der Waals surface area contributed by atoms with Crippen LogP contribution < -0.4 is 0 Å². The van der Waals surface area contributed by atoms with E-state index in [1.165, 1.54) is 0 Å². The van der Waals surface area contributed by atoms with Gasteiger partial charge in [0.25, 0.3) is 0 Å². The zero-order valence-electron chi connectivity index (χ0n) is 10.6. The average molecular weight is 378 g/mol. The Morgan fingerprint density at radius 1 is 0.789 bits per heavy atom. The molecular formula is C16H17P2Pd-. The van der Waals surface area contributed by atoms with Crippen molar-refractivity contribution in [2.24, 2.45) is 0 Å². The van der Waals surface area contributed by atoms with E-state index in [-0.39, 0.29) is 40.2 Å². The van der Waals surface area contributed by atoms with Gasteiger partial charge in [-0.25, -0.2) is 11.8 Å². The van der Waals surface area contributed by atoms with Crippen LogP contribution in [0.1, 0.15) is 11.1 Å². The molecule has 0 nitrogen and oxygen atoms in total. The van der Waals surface area contributed by atoms with Crippen LogP contribution in [0.15, 0.2) is 60.7 Å². The van der Waals surface area contributed by atoms with Gasteiger partial charge < -0.3 is 0 Å². The average Bonchev–Trinajstić information content (AvgIpc) is 2.37. The summed E-state index contributed by atoms with van der Waals surface area (Å²) in [6.07, 6.45) is 4.85. The smallest absolute Gasteiger partial charge is 0 e. The first kappa shape index (κ1) is 20.6. The molecule has 0 spiro atoms. The first-order chi connectivity index (χ1) is 7.95. The van der Waals surface area contributed by atoms with E-state index >= 15 is 0 Å². The van der Waals surface area contributed by atoms with Crippen LogP contribution in [0.5, 0.6) is 0 Å². The van der Waals surface area contributed by atoms with E-state index < -0.39 is 0 Å². The van der Waals surface area contributed by atoms with E-state index in [0.717, 1.165) is 11.1 Å². The Hall–Kier alpha value is -0.738. The van der Waals surface area contributed by atoms with Crippen LogP contribution in [0.25, 0.3) is 6.08 Å². The molecule has 0 N–H and O–H groups in total. The minimum Gasteiger partial charge on any atom is -0.219 e. The Balaban J connectivity index is 0. The van der Waals surface area contributed by atoms with Gasteiger partial charge in [-0.2, -0.15) is 25.9 Å². The molecule has 2 atom stereocenters. The Bertz CT molecular complexity index is 525.